The number of pyridine rings is 1. The zero-order chi connectivity index (χ0) is 39.6. The maximum atomic E-state index is 6.70. The van der Waals surface area contributed by atoms with Crippen molar-refractivity contribution in [2.75, 3.05) is 0 Å². The van der Waals surface area contributed by atoms with Crippen LogP contribution in [0.2, 0.25) is 0 Å². The predicted octanol–water partition coefficient (Wildman–Crippen LogP) is 14.4. The first-order valence-corrected chi connectivity index (χ1v) is 20.2. The fourth-order valence-corrected chi connectivity index (χ4v) is 8.78. The Balaban J connectivity index is 1.02. The molecule has 0 aliphatic rings. The Bertz CT molecular complexity index is 3550. The van der Waals surface area contributed by atoms with Crippen LogP contribution >= 0.6 is 0 Å². The maximum absolute atomic E-state index is 6.70. The highest BCUT2D eigenvalue weighted by molar-refractivity contribution is 6.21. The van der Waals surface area contributed by atoms with Crippen molar-refractivity contribution in [1.82, 2.24) is 19.5 Å². The maximum Gasteiger partial charge on any atom is 0.162 e. The molecule has 0 N–H and O–H groups in total. The van der Waals surface area contributed by atoms with E-state index >= 15 is 0 Å². The highest BCUT2D eigenvalue weighted by atomic mass is 16.3. The molecular weight excluding hydrogens is 733 g/mol. The molecule has 0 bridgehead atoms. The van der Waals surface area contributed by atoms with Gasteiger partial charge in [-0.05, 0) is 65.7 Å². The number of hydrogen-bond acceptors (Lipinski definition) is 4. The summed E-state index contributed by atoms with van der Waals surface area (Å²) in [5.41, 5.74) is 14.5. The van der Waals surface area contributed by atoms with E-state index < -0.39 is 0 Å². The number of aromatic nitrogens is 4. The molecule has 0 atom stereocenters. The van der Waals surface area contributed by atoms with Crippen LogP contribution in [0.5, 0.6) is 0 Å². The number of furan rings is 1. The Kier molecular flexibility index (Phi) is 7.78. The van der Waals surface area contributed by atoms with E-state index in [2.05, 4.69) is 174 Å². The van der Waals surface area contributed by atoms with E-state index in [1.807, 2.05) is 36.4 Å². The predicted molar refractivity (Wildman–Crippen MR) is 246 cm³/mol. The van der Waals surface area contributed by atoms with Crippen molar-refractivity contribution in [2.24, 2.45) is 0 Å². The highest BCUT2D eigenvalue weighted by Gasteiger charge is 2.20. The van der Waals surface area contributed by atoms with E-state index in [1.165, 1.54) is 21.8 Å². The average Bonchev–Trinajstić information content (AvgIpc) is 3.88. The Morgan fingerprint density at radius 2 is 0.950 bits per heavy atom. The van der Waals surface area contributed by atoms with E-state index in [4.69, 9.17) is 19.4 Å². The normalized spacial score (nSPS) is 11.7. The zero-order valence-corrected chi connectivity index (χ0v) is 32.3. The van der Waals surface area contributed by atoms with Crippen molar-refractivity contribution >= 4 is 54.6 Å². The number of rotatable bonds is 6. The van der Waals surface area contributed by atoms with Crippen LogP contribution < -0.4 is 0 Å². The second kappa shape index (κ2) is 13.8. The van der Waals surface area contributed by atoms with Gasteiger partial charge in [0.15, 0.2) is 11.4 Å². The topological polar surface area (TPSA) is 56.7 Å². The molecule has 0 fully saturated rings. The van der Waals surface area contributed by atoms with Crippen molar-refractivity contribution in [3.05, 3.63) is 206 Å². The van der Waals surface area contributed by atoms with Gasteiger partial charge in [-0.15, -0.1) is 0 Å². The van der Waals surface area contributed by atoms with E-state index in [-0.39, 0.29) is 0 Å². The van der Waals surface area contributed by atoms with Gasteiger partial charge in [0, 0.05) is 54.9 Å². The van der Waals surface area contributed by atoms with Crippen LogP contribution in [0.25, 0.3) is 117 Å². The van der Waals surface area contributed by atoms with Crippen LogP contribution in [0.4, 0.5) is 0 Å². The summed E-state index contributed by atoms with van der Waals surface area (Å²) in [6.45, 7) is 0. The molecule has 5 nitrogen and oxygen atoms in total. The molecule has 0 saturated carbocycles. The quantitative estimate of drug-likeness (QED) is 0.169. The molecule has 0 aliphatic heterocycles. The largest absolute Gasteiger partial charge is 0.454 e. The number of nitrogens with zero attached hydrogens (tertiary/aromatic N) is 4. The van der Waals surface area contributed by atoms with Gasteiger partial charge < -0.3 is 8.98 Å². The second-order valence-electron chi connectivity index (χ2n) is 15.2. The molecule has 280 valence electrons. The Morgan fingerprint density at radius 1 is 0.367 bits per heavy atom. The summed E-state index contributed by atoms with van der Waals surface area (Å²) in [6, 6.07) is 71.9. The summed E-state index contributed by atoms with van der Waals surface area (Å²) in [4.78, 5) is 15.7. The zero-order valence-electron chi connectivity index (χ0n) is 32.3. The molecule has 12 aromatic rings. The van der Waals surface area contributed by atoms with Gasteiger partial charge in [-0.2, -0.15) is 0 Å². The Morgan fingerprint density at radius 3 is 1.68 bits per heavy atom. The molecule has 0 amide bonds. The van der Waals surface area contributed by atoms with E-state index in [9.17, 15) is 0 Å². The lowest BCUT2D eigenvalue weighted by Gasteiger charge is -2.13. The molecule has 5 heteroatoms. The van der Waals surface area contributed by atoms with Crippen LogP contribution in [-0.2, 0) is 0 Å². The lowest BCUT2D eigenvalue weighted by atomic mass is 9.98. The molecule has 4 heterocycles. The fraction of sp³-hybridized carbons (Fsp3) is 0. The van der Waals surface area contributed by atoms with Crippen molar-refractivity contribution in [2.45, 2.75) is 0 Å². The molecule has 0 unspecified atom stereocenters. The van der Waals surface area contributed by atoms with Crippen molar-refractivity contribution in [1.29, 1.82) is 0 Å². The molecular formula is C55H34N4O. The summed E-state index contributed by atoms with van der Waals surface area (Å²) < 4.78 is 9.04. The number of hydrogen-bond donors (Lipinski definition) is 0. The van der Waals surface area contributed by atoms with E-state index in [1.54, 1.807) is 0 Å². The van der Waals surface area contributed by atoms with Crippen LogP contribution in [-0.4, -0.2) is 19.5 Å². The fourth-order valence-electron chi connectivity index (χ4n) is 8.78. The number of para-hydroxylation sites is 3. The molecule has 0 spiro atoms. The van der Waals surface area contributed by atoms with Gasteiger partial charge in [0.2, 0.25) is 0 Å². The molecule has 8 aromatic carbocycles. The van der Waals surface area contributed by atoms with Crippen LogP contribution in [0.1, 0.15) is 0 Å². The average molecular weight is 767 g/mol. The van der Waals surface area contributed by atoms with Crippen molar-refractivity contribution in [3.63, 3.8) is 0 Å². The minimum Gasteiger partial charge on any atom is -0.454 e. The van der Waals surface area contributed by atoms with Gasteiger partial charge in [-0.1, -0.05) is 152 Å². The van der Waals surface area contributed by atoms with Gasteiger partial charge in [0.05, 0.1) is 27.9 Å². The van der Waals surface area contributed by atoms with E-state index in [0.29, 0.717) is 5.82 Å². The summed E-state index contributed by atoms with van der Waals surface area (Å²) in [5, 5.41) is 5.65. The van der Waals surface area contributed by atoms with Gasteiger partial charge in [0.1, 0.15) is 11.3 Å². The third-order valence-electron chi connectivity index (χ3n) is 11.6. The van der Waals surface area contributed by atoms with Crippen LogP contribution in [0.15, 0.2) is 211 Å². The third-order valence-corrected chi connectivity index (χ3v) is 11.6. The first-order chi connectivity index (χ1) is 29.7. The molecule has 0 radical (unpaired) electrons. The number of benzene rings is 8. The molecule has 60 heavy (non-hydrogen) atoms. The highest BCUT2D eigenvalue weighted by Crippen LogP contribution is 2.41. The Labute approximate surface area is 345 Å². The standard InChI is InChI=1S/C55H34N4O/c1-3-15-35(16-4-1)37-29-30-46-45(33-37)52-44-25-9-12-28-51(44)60-54(52)53(56-46)40-21-13-19-38(31-40)47-34-48(58-55(57-47)36-17-5-2-6-18-36)39-20-14-22-41(32-39)59-49-26-10-7-23-42(49)43-24-8-11-27-50(43)59/h1-34H. The van der Waals surface area contributed by atoms with Crippen molar-refractivity contribution < 1.29 is 4.42 Å². The second-order valence-corrected chi connectivity index (χ2v) is 15.2. The number of fused-ring (bicyclic) bond motifs is 8. The van der Waals surface area contributed by atoms with Crippen LogP contribution in [0.3, 0.4) is 0 Å². The van der Waals surface area contributed by atoms with E-state index in [0.717, 1.165) is 89.0 Å². The summed E-state index contributed by atoms with van der Waals surface area (Å²) >= 11 is 0. The molecule has 12 rings (SSSR count). The minimum absolute atomic E-state index is 0.661. The first-order valence-electron chi connectivity index (χ1n) is 20.2. The third kappa shape index (κ3) is 5.59. The Hall–Kier alpha value is -8.15. The molecule has 0 saturated heterocycles. The van der Waals surface area contributed by atoms with Crippen molar-refractivity contribution in [3.8, 4) is 62.0 Å². The molecule has 4 aromatic heterocycles. The van der Waals surface area contributed by atoms with Gasteiger partial charge in [-0.25, -0.2) is 15.0 Å². The summed E-state index contributed by atoms with van der Waals surface area (Å²) in [7, 11) is 0. The lowest BCUT2D eigenvalue weighted by Crippen LogP contribution is -1.98. The van der Waals surface area contributed by atoms with Crippen LogP contribution in [0, 0.1) is 0 Å². The summed E-state index contributed by atoms with van der Waals surface area (Å²) in [6.07, 6.45) is 0. The monoisotopic (exact) mass is 766 g/mol. The minimum atomic E-state index is 0.661. The molecule has 0 aliphatic carbocycles. The summed E-state index contributed by atoms with van der Waals surface area (Å²) in [5.74, 6) is 0.661. The smallest absolute Gasteiger partial charge is 0.162 e. The van der Waals surface area contributed by atoms with Gasteiger partial charge in [0.25, 0.3) is 0 Å². The van der Waals surface area contributed by atoms with Gasteiger partial charge >= 0.3 is 0 Å². The SMILES string of the molecule is c1ccc(-c2ccc3nc(-c4cccc(-c5cc(-c6cccc(-n7c8ccccc8c8ccccc87)c6)nc(-c6ccccc6)n5)c4)c4oc5ccccc5c4c3c2)cc1. The van der Waals surface area contributed by atoms with Gasteiger partial charge in [-0.3, -0.25) is 0 Å². The lowest BCUT2D eigenvalue weighted by molar-refractivity contribution is 0.669. The first kappa shape index (κ1) is 33.9.